The van der Waals surface area contributed by atoms with Crippen molar-refractivity contribution in [3.63, 3.8) is 0 Å². The van der Waals surface area contributed by atoms with E-state index in [1.54, 1.807) is 6.07 Å². The highest BCUT2D eigenvalue weighted by Crippen LogP contribution is 2.12. The molecule has 0 spiro atoms. The zero-order valence-corrected chi connectivity index (χ0v) is 13.3. The Balaban J connectivity index is 2.89. The lowest BCUT2D eigenvalue weighted by Gasteiger charge is -2.06. The predicted molar refractivity (Wildman–Crippen MR) is 80.5 cm³/mol. The highest BCUT2D eigenvalue weighted by atomic mass is 32.2. The van der Waals surface area contributed by atoms with E-state index in [0.717, 1.165) is 6.07 Å². The number of carbonyl (C=O) groups excluding carboxylic acids is 2. The summed E-state index contributed by atoms with van der Waals surface area (Å²) in [6.45, 7) is 0.712. The third-order valence-corrected chi connectivity index (χ3v) is 4.18. The smallest absolute Gasteiger partial charge is 0.338 e. The molecule has 122 valence electrons. The third kappa shape index (κ3) is 4.64. The van der Waals surface area contributed by atoms with Crippen LogP contribution in [0.5, 0.6) is 0 Å². The molecule has 23 heavy (non-hydrogen) atoms. The number of hydrogen-bond donors (Lipinski definition) is 2. The molecule has 0 saturated carbocycles. The molecule has 8 nitrogen and oxygen atoms in total. The fourth-order valence-corrected chi connectivity index (χ4v) is 2.34. The van der Waals surface area contributed by atoms with Gasteiger partial charge in [0.1, 0.15) is 11.6 Å². The van der Waals surface area contributed by atoms with Crippen LogP contribution in [0.25, 0.3) is 0 Å². The largest absolute Gasteiger partial charge is 0.454 e. The Morgan fingerprint density at radius 3 is 2.57 bits per heavy atom. The zero-order chi connectivity index (χ0) is 17.6. The topological polar surface area (TPSA) is 139 Å². The van der Waals surface area contributed by atoms with Gasteiger partial charge in [0, 0.05) is 5.70 Å². The van der Waals surface area contributed by atoms with Gasteiger partial charge in [-0.05, 0) is 32.2 Å². The van der Waals surface area contributed by atoms with E-state index in [1.165, 1.54) is 32.2 Å². The van der Waals surface area contributed by atoms with Crippen LogP contribution in [-0.2, 0) is 19.6 Å². The Bertz CT molecular complexity index is 802. The standard InChI is InChI=1S/C14H15N3O5S/c1-9(16)12(7-15)13(18)8-22-14(19)10-4-3-5-11(6-10)23(20,21)17-2/h3-6,17H,8,16H2,1-2H3. The van der Waals surface area contributed by atoms with E-state index in [-0.39, 0.29) is 21.7 Å². The van der Waals surface area contributed by atoms with Crippen molar-refractivity contribution in [3.05, 3.63) is 41.1 Å². The Kier molecular flexibility index (Phi) is 6.01. The SMILES string of the molecule is CNS(=O)(=O)c1cccc(C(=O)OCC(=O)C(C#N)=C(C)N)c1. The summed E-state index contributed by atoms with van der Waals surface area (Å²) in [6, 6.07) is 6.77. The summed E-state index contributed by atoms with van der Waals surface area (Å²) < 4.78 is 30.2. The molecular weight excluding hydrogens is 322 g/mol. The minimum Gasteiger partial charge on any atom is -0.454 e. The molecular formula is C14H15N3O5S. The fraction of sp³-hybridized carbons (Fsp3) is 0.214. The third-order valence-electron chi connectivity index (χ3n) is 2.77. The van der Waals surface area contributed by atoms with Crippen molar-refractivity contribution in [1.29, 1.82) is 5.26 Å². The minimum absolute atomic E-state index is 0.0238. The number of rotatable bonds is 6. The lowest BCUT2D eigenvalue weighted by Crippen LogP contribution is -2.20. The summed E-state index contributed by atoms with van der Waals surface area (Å²) in [5, 5.41) is 8.78. The average Bonchev–Trinajstić information content (AvgIpc) is 2.53. The van der Waals surface area contributed by atoms with E-state index in [9.17, 15) is 18.0 Å². The molecule has 1 aromatic carbocycles. The highest BCUT2D eigenvalue weighted by molar-refractivity contribution is 7.89. The molecule has 0 aliphatic carbocycles. The predicted octanol–water partition coefficient (Wildman–Crippen LogP) is 0.0769. The molecule has 1 aromatic rings. The van der Waals surface area contributed by atoms with E-state index in [1.807, 2.05) is 0 Å². The first-order chi connectivity index (χ1) is 10.7. The number of nitrogens with one attached hydrogen (secondary N) is 1. The number of nitrogens with two attached hydrogens (primary N) is 1. The second-order valence-corrected chi connectivity index (χ2v) is 6.29. The molecule has 3 N–H and O–H groups in total. The van der Waals surface area contributed by atoms with Gasteiger partial charge in [-0.2, -0.15) is 5.26 Å². The van der Waals surface area contributed by atoms with Gasteiger partial charge in [-0.3, -0.25) is 4.79 Å². The van der Waals surface area contributed by atoms with E-state index in [0.29, 0.717) is 0 Å². The number of nitrogens with zero attached hydrogens (tertiary/aromatic N) is 1. The van der Waals surface area contributed by atoms with Gasteiger partial charge < -0.3 is 10.5 Å². The maximum absolute atomic E-state index is 11.9. The monoisotopic (exact) mass is 337 g/mol. The van der Waals surface area contributed by atoms with Gasteiger partial charge >= 0.3 is 5.97 Å². The van der Waals surface area contributed by atoms with Crippen LogP contribution in [0.4, 0.5) is 0 Å². The van der Waals surface area contributed by atoms with Crippen molar-refractivity contribution >= 4 is 21.8 Å². The Hall–Kier alpha value is -2.70. The molecule has 0 saturated heterocycles. The van der Waals surface area contributed by atoms with Gasteiger partial charge in [0.05, 0.1) is 10.5 Å². The first kappa shape index (κ1) is 18.3. The van der Waals surface area contributed by atoms with Crippen molar-refractivity contribution in [3.8, 4) is 6.07 Å². The average molecular weight is 337 g/mol. The molecule has 1 rings (SSSR count). The summed E-state index contributed by atoms with van der Waals surface area (Å²) in [7, 11) is -2.47. The first-order valence-corrected chi connectivity index (χ1v) is 7.81. The number of hydrogen-bond acceptors (Lipinski definition) is 7. The van der Waals surface area contributed by atoms with Gasteiger partial charge in [0.2, 0.25) is 15.8 Å². The number of ether oxygens (including phenoxy) is 1. The van der Waals surface area contributed by atoms with E-state index >= 15 is 0 Å². The molecule has 0 amide bonds. The number of carbonyl (C=O) groups is 2. The molecule has 0 radical (unpaired) electrons. The van der Waals surface area contributed by atoms with E-state index < -0.39 is 28.4 Å². The normalized spacial score (nSPS) is 12.0. The summed E-state index contributed by atoms with van der Waals surface area (Å²) in [5.41, 5.74) is 5.07. The van der Waals surface area contributed by atoms with Crippen LogP contribution in [0.1, 0.15) is 17.3 Å². The van der Waals surface area contributed by atoms with Crippen LogP contribution in [0.15, 0.2) is 40.4 Å². The number of sulfonamides is 1. The lowest BCUT2D eigenvalue weighted by atomic mass is 10.1. The van der Waals surface area contributed by atoms with Crippen LogP contribution in [0.2, 0.25) is 0 Å². The number of ketones is 1. The number of benzene rings is 1. The van der Waals surface area contributed by atoms with Crippen LogP contribution >= 0.6 is 0 Å². The van der Waals surface area contributed by atoms with E-state index in [2.05, 4.69) is 4.72 Å². The van der Waals surface area contributed by atoms with Crippen molar-refractivity contribution in [2.24, 2.45) is 5.73 Å². The number of esters is 1. The maximum Gasteiger partial charge on any atom is 0.338 e. The van der Waals surface area contributed by atoms with Crippen LogP contribution in [0, 0.1) is 11.3 Å². The van der Waals surface area contributed by atoms with Crippen molar-refractivity contribution in [2.75, 3.05) is 13.7 Å². The molecule has 0 atom stereocenters. The van der Waals surface area contributed by atoms with Crippen LogP contribution in [-0.4, -0.2) is 33.8 Å². The van der Waals surface area contributed by atoms with Gasteiger partial charge in [-0.25, -0.2) is 17.9 Å². The fourth-order valence-electron chi connectivity index (χ4n) is 1.57. The maximum atomic E-state index is 11.9. The van der Waals surface area contributed by atoms with Crippen molar-refractivity contribution < 1.29 is 22.7 Å². The molecule has 0 fully saturated rings. The van der Waals surface area contributed by atoms with Crippen molar-refractivity contribution in [2.45, 2.75) is 11.8 Å². The lowest BCUT2D eigenvalue weighted by molar-refractivity contribution is -0.118. The molecule has 0 aliphatic rings. The second kappa shape index (κ2) is 7.53. The molecule has 0 unspecified atom stereocenters. The zero-order valence-electron chi connectivity index (χ0n) is 12.5. The summed E-state index contributed by atoms with van der Waals surface area (Å²) in [6.07, 6.45) is 0. The molecule has 0 bridgehead atoms. The summed E-state index contributed by atoms with van der Waals surface area (Å²) >= 11 is 0. The Labute approximate surface area is 133 Å². The Morgan fingerprint density at radius 2 is 2.04 bits per heavy atom. The molecule has 0 aliphatic heterocycles. The van der Waals surface area contributed by atoms with Gasteiger partial charge in [-0.15, -0.1) is 0 Å². The highest BCUT2D eigenvalue weighted by Gasteiger charge is 2.17. The van der Waals surface area contributed by atoms with Crippen LogP contribution < -0.4 is 10.5 Å². The number of nitriles is 1. The number of Topliss-reactive ketones (excluding diaryl/α,β-unsaturated/α-hetero) is 1. The van der Waals surface area contributed by atoms with Gasteiger partial charge in [0.15, 0.2) is 6.61 Å². The molecule has 9 heteroatoms. The van der Waals surface area contributed by atoms with Crippen molar-refractivity contribution in [1.82, 2.24) is 4.72 Å². The Morgan fingerprint density at radius 1 is 1.39 bits per heavy atom. The first-order valence-electron chi connectivity index (χ1n) is 6.33. The number of allylic oxidation sites excluding steroid dienone is 1. The van der Waals surface area contributed by atoms with Crippen LogP contribution in [0.3, 0.4) is 0 Å². The minimum atomic E-state index is -3.71. The quantitative estimate of drug-likeness (QED) is 0.425. The summed E-state index contributed by atoms with van der Waals surface area (Å²) in [4.78, 5) is 23.4. The molecule has 0 aromatic heterocycles. The van der Waals surface area contributed by atoms with Gasteiger partial charge in [0.25, 0.3) is 0 Å². The summed E-state index contributed by atoms with van der Waals surface area (Å²) in [5.74, 6) is -1.63. The van der Waals surface area contributed by atoms with E-state index in [4.69, 9.17) is 15.7 Å². The van der Waals surface area contributed by atoms with Gasteiger partial charge in [-0.1, -0.05) is 6.07 Å². The molecule has 0 heterocycles. The second-order valence-electron chi connectivity index (χ2n) is 4.40.